The number of ether oxygens (including phenoxy) is 2. The fourth-order valence-corrected chi connectivity index (χ4v) is 1.94. The van der Waals surface area contributed by atoms with Gasteiger partial charge in [0, 0.05) is 6.54 Å². The largest absolute Gasteiger partial charge is 0.494 e. The van der Waals surface area contributed by atoms with Crippen molar-refractivity contribution >= 4 is 12.0 Å². The van der Waals surface area contributed by atoms with Crippen LogP contribution in [0.2, 0.25) is 0 Å². The van der Waals surface area contributed by atoms with E-state index in [1.54, 1.807) is 6.92 Å². The van der Waals surface area contributed by atoms with Gasteiger partial charge in [-0.25, -0.2) is 4.79 Å². The minimum absolute atomic E-state index is 0.124. The van der Waals surface area contributed by atoms with E-state index in [0.29, 0.717) is 26.2 Å². The van der Waals surface area contributed by atoms with E-state index in [1.165, 1.54) is 5.56 Å². The Labute approximate surface area is 143 Å². The van der Waals surface area contributed by atoms with Gasteiger partial charge in [-0.05, 0) is 36.5 Å². The highest BCUT2D eigenvalue weighted by Crippen LogP contribution is 2.24. The second kappa shape index (κ2) is 9.80. The molecule has 2 N–H and O–H groups in total. The molecule has 1 aromatic rings. The summed E-state index contributed by atoms with van der Waals surface area (Å²) in [5, 5.41) is 5.09. The lowest BCUT2D eigenvalue weighted by Gasteiger charge is -2.19. The SMILES string of the molecule is CCOC(=O)CNC(=O)NCCCOc1ccc(C(C)(C)C)cc1. The summed E-state index contributed by atoms with van der Waals surface area (Å²) in [6.07, 6.45) is 0.674. The van der Waals surface area contributed by atoms with Crippen LogP contribution in [0.1, 0.15) is 39.7 Å². The van der Waals surface area contributed by atoms with Crippen LogP contribution in [0.4, 0.5) is 4.79 Å². The van der Waals surface area contributed by atoms with E-state index in [9.17, 15) is 9.59 Å². The van der Waals surface area contributed by atoms with E-state index in [1.807, 2.05) is 12.1 Å². The van der Waals surface area contributed by atoms with Gasteiger partial charge in [0.25, 0.3) is 0 Å². The van der Waals surface area contributed by atoms with Crippen molar-refractivity contribution < 1.29 is 19.1 Å². The first-order valence-corrected chi connectivity index (χ1v) is 8.23. The topological polar surface area (TPSA) is 76.7 Å². The number of hydrogen-bond acceptors (Lipinski definition) is 4. The maximum Gasteiger partial charge on any atom is 0.325 e. The monoisotopic (exact) mass is 336 g/mol. The number of carbonyl (C=O) groups excluding carboxylic acids is 2. The van der Waals surface area contributed by atoms with Crippen molar-refractivity contribution in [3.05, 3.63) is 29.8 Å². The number of urea groups is 1. The highest BCUT2D eigenvalue weighted by molar-refractivity contribution is 5.80. The average molecular weight is 336 g/mol. The minimum Gasteiger partial charge on any atom is -0.494 e. The predicted molar refractivity (Wildman–Crippen MR) is 93.3 cm³/mol. The Morgan fingerprint density at radius 1 is 1.08 bits per heavy atom. The van der Waals surface area contributed by atoms with Gasteiger partial charge in [-0.2, -0.15) is 0 Å². The molecule has 6 nitrogen and oxygen atoms in total. The second-order valence-electron chi connectivity index (χ2n) is 6.39. The molecule has 0 aliphatic carbocycles. The highest BCUT2D eigenvalue weighted by Gasteiger charge is 2.12. The molecule has 0 bridgehead atoms. The standard InChI is InChI=1S/C18H28N2O4/c1-5-23-16(21)13-20-17(22)19-11-6-12-24-15-9-7-14(8-10-15)18(2,3)4/h7-10H,5-6,11-13H2,1-4H3,(H2,19,20,22). The Kier molecular flexibility index (Phi) is 8.09. The van der Waals surface area contributed by atoms with Crippen molar-refractivity contribution in [1.82, 2.24) is 10.6 Å². The van der Waals surface area contributed by atoms with Gasteiger partial charge in [-0.15, -0.1) is 0 Å². The Morgan fingerprint density at radius 3 is 2.33 bits per heavy atom. The Morgan fingerprint density at radius 2 is 1.75 bits per heavy atom. The number of carbonyl (C=O) groups is 2. The van der Waals surface area contributed by atoms with Crippen molar-refractivity contribution in [2.75, 3.05) is 26.3 Å². The summed E-state index contributed by atoms with van der Waals surface area (Å²) in [5.74, 6) is 0.365. The molecule has 0 radical (unpaired) electrons. The molecule has 0 atom stereocenters. The quantitative estimate of drug-likeness (QED) is 0.565. The number of benzene rings is 1. The van der Waals surface area contributed by atoms with Crippen LogP contribution in [0, 0.1) is 0 Å². The van der Waals surface area contributed by atoms with E-state index in [4.69, 9.17) is 9.47 Å². The van der Waals surface area contributed by atoms with Gasteiger partial charge in [0.05, 0.1) is 13.2 Å². The molecular formula is C18H28N2O4. The van der Waals surface area contributed by atoms with E-state index in [0.717, 1.165) is 5.75 Å². The van der Waals surface area contributed by atoms with Gasteiger partial charge in [-0.3, -0.25) is 4.79 Å². The van der Waals surface area contributed by atoms with Gasteiger partial charge >= 0.3 is 12.0 Å². The van der Waals surface area contributed by atoms with Gasteiger partial charge < -0.3 is 20.1 Å². The zero-order chi connectivity index (χ0) is 18.0. The molecule has 0 aliphatic rings. The summed E-state index contributed by atoms with van der Waals surface area (Å²) in [7, 11) is 0. The van der Waals surface area contributed by atoms with E-state index in [-0.39, 0.29) is 12.0 Å². The third kappa shape index (κ3) is 7.85. The molecule has 0 aromatic heterocycles. The van der Waals surface area contributed by atoms with Crippen LogP contribution in [0.3, 0.4) is 0 Å². The van der Waals surface area contributed by atoms with Crippen molar-refractivity contribution in [3.63, 3.8) is 0 Å². The van der Waals surface area contributed by atoms with Crippen molar-refractivity contribution in [1.29, 1.82) is 0 Å². The first-order valence-electron chi connectivity index (χ1n) is 8.23. The zero-order valence-electron chi connectivity index (χ0n) is 15.0. The average Bonchev–Trinajstić information content (AvgIpc) is 2.52. The molecule has 0 unspecified atom stereocenters. The summed E-state index contributed by atoms with van der Waals surface area (Å²) in [6.45, 7) is 9.37. The number of nitrogens with one attached hydrogen (secondary N) is 2. The number of rotatable bonds is 8. The van der Waals surface area contributed by atoms with Crippen LogP contribution in [0.5, 0.6) is 5.75 Å². The summed E-state index contributed by atoms with van der Waals surface area (Å²) >= 11 is 0. The van der Waals surface area contributed by atoms with Gasteiger partial charge in [0.2, 0.25) is 0 Å². The smallest absolute Gasteiger partial charge is 0.325 e. The number of hydrogen-bond donors (Lipinski definition) is 2. The maximum atomic E-state index is 11.4. The van der Waals surface area contributed by atoms with E-state index < -0.39 is 12.0 Å². The van der Waals surface area contributed by atoms with Crippen LogP contribution in [-0.2, 0) is 14.9 Å². The molecule has 0 aliphatic heterocycles. The first kappa shape index (κ1) is 19.8. The minimum atomic E-state index is -0.449. The Bertz CT molecular complexity index is 521. The Balaban J connectivity index is 2.15. The third-order valence-corrected chi connectivity index (χ3v) is 3.29. The van der Waals surface area contributed by atoms with E-state index >= 15 is 0 Å². The molecule has 0 heterocycles. The molecule has 24 heavy (non-hydrogen) atoms. The summed E-state index contributed by atoms with van der Waals surface area (Å²) in [5.41, 5.74) is 1.38. The van der Waals surface area contributed by atoms with Crippen molar-refractivity contribution in [3.8, 4) is 5.75 Å². The molecule has 2 amide bonds. The molecule has 1 rings (SSSR count). The second-order valence-corrected chi connectivity index (χ2v) is 6.39. The third-order valence-electron chi connectivity index (χ3n) is 3.29. The van der Waals surface area contributed by atoms with Crippen molar-refractivity contribution in [2.45, 2.75) is 39.5 Å². The lowest BCUT2D eigenvalue weighted by Crippen LogP contribution is -2.39. The van der Waals surface area contributed by atoms with Crippen LogP contribution >= 0.6 is 0 Å². The van der Waals surface area contributed by atoms with Crippen LogP contribution in [0.15, 0.2) is 24.3 Å². The molecule has 0 fully saturated rings. The maximum absolute atomic E-state index is 11.4. The predicted octanol–water partition coefficient (Wildman–Crippen LogP) is 2.62. The van der Waals surface area contributed by atoms with Crippen LogP contribution < -0.4 is 15.4 Å². The molecule has 6 heteroatoms. The highest BCUT2D eigenvalue weighted by atomic mass is 16.5. The summed E-state index contributed by atoms with van der Waals surface area (Å²) < 4.78 is 10.4. The molecule has 1 aromatic carbocycles. The van der Waals surface area contributed by atoms with Crippen LogP contribution in [0.25, 0.3) is 0 Å². The lowest BCUT2D eigenvalue weighted by molar-refractivity contribution is -0.141. The Hall–Kier alpha value is -2.24. The molecule has 0 saturated carbocycles. The molecule has 0 saturated heterocycles. The molecule has 0 spiro atoms. The number of esters is 1. The lowest BCUT2D eigenvalue weighted by atomic mass is 9.87. The first-order chi connectivity index (χ1) is 11.3. The zero-order valence-corrected chi connectivity index (χ0v) is 15.0. The van der Waals surface area contributed by atoms with Gasteiger partial charge in [-0.1, -0.05) is 32.9 Å². The molecular weight excluding hydrogens is 308 g/mol. The fraction of sp³-hybridized carbons (Fsp3) is 0.556. The summed E-state index contributed by atoms with van der Waals surface area (Å²) in [4.78, 5) is 22.5. The molecule has 134 valence electrons. The summed E-state index contributed by atoms with van der Waals surface area (Å²) in [6, 6.07) is 7.66. The van der Waals surface area contributed by atoms with E-state index in [2.05, 4.69) is 43.5 Å². The normalized spacial score (nSPS) is 10.8. The fourth-order valence-electron chi connectivity index (χ4n) is 1.94. The van der Waals surface area contributed by atoms with Gasteiger partial charge in [0.1, 0.15) is 12.3 Å². The number of amides is 2. The van der Waals surface area contributed by atoms with Crippen molar-refractivity contribution in [2.24, 2.45) is 0 Å². The van der Waals surface area contributed by atoms with Gasteiger partial charge in [0.15, 0.2) is 0 Å². The van der Waals surface area contributed by atoms with Crippen LogP contribution in [-0.4, -0.2) is 38.3 Å².